The second-order valence-corrected chi connectivity index (χ2v) is 8.86. The number of carbonyl (C=O) groups is 2. The maximum atomic E-state index is 12.6. The van der Waals surface area contributed by atoms with Gasteiger partial charge in [-0.15, -0.1) is 0 Å². The van der Waals surface area contributed by atoms with Gasteiger partial charge in [0.2, 0.25) is 0 Å². The Hall–Kier alpha value is -1.80. The summed E-state index contributed by atoms with van der Waals surface area (Å²) < 4.78 is 6.32. The van der Waals surface area contributed by atoms with Gasteiger partial charge in [-0.05, 0) is 43.2 Å². The first kappa shape index (κ1) is 21.9. The van der Waals surface area contributed by atoms with Gasteiger partial charge in [0.15, 0.2) is 0 Å². The smallest absolute Gasteiger partial charge is 0.303 e. The molecule has 1 saturated heterocycles. The first-order valence-corrected chi connectivity index (χ1v) is 10.9. The number of thiocarbonyl (C=S) groups is 1. The third-order valence-electron chi connectivity index (χ3n) is 4.25. The van der Waals surface area contributed by atoms with Crippen LogP contribution in [0.3, 0.4) is 0 Å². The third kappa shape index (κ3) is 5.63. The standard InChI is InChI=1S/C20H17Cl2NO4S2/c21-14-7-5-12(10-15(14)22)16-8-6-13(27-16)11-17-19(26)23(20(28)29-17)9-3-1-2-4-18(24)25/h5-8,10-11H,1-4,9H2,(H,24,25)/b17-11-. The fourth-order valence-electron chi connectivity index (χ4n) is 2.78. The van der Waals surface area contributed by atoms with Crippen LogP contribution in [0.2, 0.25) is 10.0 Å². The van der Waals surface area contributed by atoms with Gasteiger partial charge in [0.1, 0.15) is 15.8 Å². The van der Waals surface area contributed by atoms with Crippen molar-refractivity contribution in [3.8, 4) is 11.3 Å². The largest absolute Gasteiger partial charge is 0.481 e. The van der Waals surface area contributed by atoms with Gasteiger partial charge in [-0.3, -0.25) is 14.5 Å². The zero-order chi connectivity index (χ0) is 21.0. The van der Waals surface area contributed by atoms with Crippen molar-refractivity contribution in [1.82, 2.24) is 4.90 Å². The molecule has 1 fully saturated rings. The summed E-state index contributed by atoms with van der Waals surface area (Å²) in [5.74, 6) is 0.180. The molecule has 0 bridgehead atoms. The van der Waals surface area contributed by atoms with E-state index >= 15 is 0 Å². The van der Waals surface area contributed by atoms with Crippen molar-refractivity contribution >= 4 is 69.5 Å². The predicted molar refractivity (Wildman–Crippen MR) is 120 cm³/mol. The Morgan fingerprint density at radius 2 is 1.97 bits per heavy atom. The molecule has 0 spiro atoms. The molecule has 1 aromatic heterocycles. The van der Waals surface area contributed by atoms with Crippen molar-refractivity contribution < 1.29 is 19.1 Å². The Bertz CT molecular complexity index is 987. The molecule has 2 aromatic rings. The van der Waals surface area contributed by atoms with Crippen LogP contribution in [-0.4, -0.2) is 32.7 Å². The van der Waals surface area contributed by atoms with E-state index in [0.29, 0.717) is 50.2 Å². The molecule has 0 radical (unpaired) electrons. The fourth-order valence-corrected chi connectivity index (χ4v) is 4.37. The number of furan rings is 1. The highest BCUT2D eigenvalue weighted by atomic mass is 35.5. The van der Waals surface area contributed by atoms with Crippen LogP contribution >= 0.6 is 47.2 Å². The van der Waals surface area contributed by atoms with Crippen LogP contribution in [0.25, 0.3) is 17.4 Å². The van der Waals surface area contributed by atoms with Crippen molar-refractivity contribution in [2.45, 2.75) is 25.7 Å². The number of carbonyl (C=O) groups excluding carboxylic acids is 1. The van der Waals surface area contributed by atoms with Gasteiger partial charge < -0.3 is 9.52 Å². The molecule has 0 atom stereocenters. The average Bonchev–Trinajstić information content (AvgIpc) is 3.23. The van der Waals surface area contributed by atoms with E-state index in [1.807, 2.05) is 0 Å². The number of carboxylic acids is 1. The first-order valence-electron chi connectivity index (χ1n) is 8.87. The summed E-state index contributed by atoms with van der Waals surface area (Å²) in [5, 5.41) is 9.57. The summed E-state index contributed by atoms with van der Waals surface area (Å²) in [7, 11) is 0. The molecular formula is C20H17Cl2NO4S2. The van der Waals surface area contributed by atoms with E-state index in [1.165, 1.54) is 11.8 Å². The van der Waals surface area contributed by atoms with Crippen LogP contribution in [0.15, 0.2) is 39.7 Å². The van der Waals surface area contributed by atoms with Crippen molar-refractivity contribution in [3.63, 3.8) is 0 Å². The Kier molecular flexibility index (Phi) is 7.40. The number of hydrogen-bond acceptors (Lipinski definition) is 5. The molecule has 1 N–H and O–H groups in total. The lowest BCUT2D eigenvalue weighted by Gasteiger charge is -2.13. The molecule has 5 nitrogen and oxygen atoms in total. The Morgan fingerprint density at radius 3 is 2.69 bits per heavy atom. The van der Waals surface area contributed by atoms with Crippen molar-refractivity contribution in [2.75, 3.05) is 6.54 Å². The topological polar surface area (TPSA) is 70.8 Å². The van der Waals surface area contributed by atoms with Crippen LogP contribution in [-0.2, 0) is 9.59 Å². The van der Waals surface area contributed by atoms with Crippen LogP contribution in [0.1, 0.15) is 31.4 Å². The van der Waals surface area contributed by atoms with E-state index in [4.69, 9.17) is 44.9 Å². The molecule has 3 rings (SSSR count). The molecule has 1 amide bonds. The summed E-state index contributed by atoms with van der Waals surface area (Å²) in [4.78, 5) is 25.2. The van der Waals surface area contributed by atoms with Crippen molar-refractivity contribution in [3.05, 3.63) is 51.0 Å². The Balaban J connectivity index is 1.64. The monoisotopic (exact) mass is 469 g/mol. The third-order valence-corrected chi connectivity index (χ3v) is 6.37. The number of amides is 1. The molecule has 1 aliphatic heterocycles. The molecule has 0 saturated carbocycles. The molecule has 29 heavy (non-hydrogen) atoms. The lowest BCUT2D eigenvalue weighted by Crippen LogP contribution is -2.29. The zero-order valence-electron chi connectivity index (χ0n) is 15.2. The zero-order valence-corrected chi connectivity index (χ0v) is 18.3. The first-order chi connectivity index (χ1) is 13.8. The van der Waals surface area contributed by atoms with Gasteiger partial charge in [-0.2, -0.15) is 0 Å². The molecule has 1 aromatic carbocycles. The second kappa shape index (κ2) is 9.80. The molecule has 1 aliphatic rings. The number of carboxylic acid groups (broad SMARTS) is 1. The van der Waals surface area contributed by atoms with Crippen molar-refractivity contribution in [1.29, 1.82) is 0 Å². The molecule has 2 heterocycles. The Morgan fingerprint density at radius 1 is 1.17 bits per heavy atom. The minimum absolute atomic E-state index is 0.137. The van der Waals surface area contributed by atoms with Crippen molar-refractivity contribution in [2.24, 2.45) is 0 Å². The highest BCUT2D eigenvalue weighted by molar-refractivity contribution is 8.26. The summed E-state index contributed by atoms with van der Waals surface area (Å²) in [5.41, 5.74) is 0.785. The van der Waals surface area contributed by atoms with Crippen LogP contribution in [0.5, 0.6) is 0 Å². The predicted octanol–water partition coefficient (Wildman–Crippen LogP) is 6.10. The fraction of sp³-hybridized carbons (Fsp3) is 0.250. The lowest BCUT2D eigenvalue weighted by molar-refractivity contribution is -0.137. The number of halogens is 2. The van der Waals surface area contributed by atoms with Gasteiger partial charge in [-0.1, -0.05) is 53.6 Å². The van der Waals surface area contributed by atoms with E-state index in [1.54, 1.807) is 41.3 Å². The molecule has 152 valence electrons. The van der Waals surface area contributed by atoms with E-state index < -0.39 is 5.97 Å². The number of benzene rings is 1. The highest BCUT2D eigenvalue weighted by Gasteiger charge is 2.31. The minimum Gasteiger partial charge on any atom is -0.481 e. The average molecular weight is 470 g/mol. The van der Waals surface area contributed by atoms with Gasteiger partial charge in [0, 0.05) is 24.6 Å². The number of thioether (sulfide) groups is 1. The summed E-state index contributed by atoms with van der Waals surface area (Å²) >= 11 is 18.5. The molecular weight excluding hydrogens is 453 g/mol. The molecule has 0 aliphatic carbocycles. The SMILES string of the molecule is O=C(O)CCCCCN1C(=O)/C(=C/c2ccc(-c3ccc(Cl)c(Cl)c3)o2)SC1=S. The van der Waals surface area contributed by atoms with Crippen LogP contribution in [0, 0.1) is 0 Å². The lowest BCUT2D eigenvalue weighted by atomic mass is 10.2. The summed E-state index contributed by atoms with van der Waals surface area (Å²) in [6, 6.07) is 8.80. The van der Waals surface area contributed by atoms with Gasteiger partial charge in [-0.25, -0.2) is 0 Å². The van der Waals surface area contributed by atoms with Gasteiger partial charge in [0.05, 0.1) is 15.0 Å². The number of hydrogen-bond donors (Lipinski definition) is 1. The summed E-state index contributed by atoms with van der Waals surface area (Å²) in [6.07, 6.45) is 3.83. The number of aliphatic carboxylic acids is 1. The molecule has 0 unspecified atom stereocenters. The number of nitrogens with zero attached hydrogens (tertiary/aromatic N) is 1. The van der Waals surface area contributed by atoms with Crippen LogP contribution in [0.4, 0.5) is 0 Å². The van der Waals surface area contributed by atoms with Gasteiger partial charge in [0.25, 0.3) is 5.91 Å². The second-order valence-electron chi connectivity index (χ2n) is 6.37. The minimum atomic E-state index is -0.808. The molecule has 9 heteroatoms. The van der Waals surface area contributed by atoms with E-state index in [0.717, 1.165) is 12.0 Å². The Labute approximate surface area is 187 Å². The van der Waals surface area contributed by atoms with Crippen LogP contribution < -0.4 is 0 Å². The maximum absolute atomic E-state index is 12.6. The van der Waals surface area contributed by atoms with E-state index in [2.05, 4.69) is 0 Å². The van der Waals surface area contributed by atoms with E-state index in [-0.39, 0.29) is 12.3 Å². The number of rotatable bonds is 8. The number of unbranched alkanes of at least 4 members (excludes halogenated alkanes) is 2. The van der Waals surface area contributed by atoms with E-state index in [9.17, 15) is 9.59 Å². The highest BCUT2D eigenvalue weighted by Crippen LogP contribution is 2.34. The summed E-state index contributed by atoms with van der Waals surface area (Å²) in [6.45, 7) is 0.480. The quantitative estimate of drug-likeness (QED) is 0.286. The maximum Gasteiger partial charge on any atom is 0.303 e. The van der Waals surface area contributed by atoms with Gasteiger partial charge >= 0.3 is 5.97 Å². The normalized spacial score (nSPS) is 15.5.